The van der Waals surface area contributed by atoms with Crippen molar-refractivity contribution in [2.75, 3.05) is 19.7 Å². The third-order valence-electron chi connectivity index (χ3n) is 7.81. The van der Waals surface area contributed by atoms with E-state index in [-0.39, 0.29) is 17.2 Å². The Hall–Kier alpha value is -2.23. The zero-order valence-electron chi connectivity index (χ0n) is 21.0. The molecule has 2 aromatic rings. The van der Waals surface area contributed by atoms with E-state index in [1.54, 1.807) is 4.90 Å². The van der Waals surface area contributed by atoms with Crippen molar-refractivity contribution in [3.05, 3.63) is 35.8 Å². The molecule has 4 N–H and O–H groups in total. The monoisotopic (exact) mass is 572 g/mol. The number of likely N-dealkylation sites (tertiary alicyclic amines) is 1. The van der Waals surface area contributed by atoms with Crippen LogP contribution in [0.3, 0.4) is 0 Å². The molecule has 0 radical (unpaired) electrons. The van der Waals surface area contributed by atoms with Gasteiger partial charge in [-0.25, -0.2) is 17.9 Å². The fourth-order valence-electron chi connectivity index (χ4n) is 5.38. The Bertz CT molecular complexity index is 1170. The van der Waals surface area contributed by atoms with Gasteiger partial charge in [-0.1, -0.05) is 5.21 Å². The van der Waals surface area contributed by atoms with Crippen molar-refractivity contribution < 1.29 is 43.1 Å². The number of hydrogen-bond donors (Lipinski definition) is 4. The van der Waals surface area contributed by atoms with E-state index in [1.165, 1.54) is 6.20 Å². The molecule has 5 rings (SSSR count). The van der Waals surface area contributed by atoms with Crippen LogP contribution in [0.1, 0.15) is 44.6 Å². The molecule has 214 valence electrons. The Kier molecular flexibility index (Phi) is 8.23. The van der Waals surface area contributed by atoms with Crippen LogP contribution in [0.15, 0.2) is 18.3 Å². The number of rotatable bonds is 7. The van der Waals surface area contributed by atoms with E-state index in [0.29, 0.717) is 25.9 Å². The van der Waals surface area contributed by atoms with Crippen LogP contribution in [0, 0.1) is 17.5 Å². The van der Waals surface area contributed by atoms with E-state index in [4.69, 9.17) is 4.74 Å². The summed E-state index contributed by atoms with van der Waals surface area (Å²) in [6.45, 7) is 0.534. The van der Waals surface area contributed by atoms with Crippen LogP contribution in [0.25, 0.3) is 11.3 Å². The van der Waals surface area contributed by atoms with Crippen molar-refractivity contribution in [1.82, 2.24) is 19.9 Å². The highest BCUT2D eigenvalue weighted by molar-refractivity contribution is 8.01. The van der Waals surface area contributed by atoms with Gasteiger partial charge in [0.2, 0.25) is 5.91 Å². The number of ether oxygens (including phenoxy) is 1. The molecule has 3 aliphatic rings. The van der Waals surface area contributed by atoms with Crippen LogP contribution in [0.4, 0.5) is 13.2 Å². The summed E-state index contributed by atoms with van der Waals surface area (Å²) in [7, 11) is 0. The maximum atomic E-state index is 13.8. The molecule has 1 aromatic heterocycles. The zero-order chi connectivity index (χ0) is 27.9. The van der Waals surface area contributed by atoms with E-state index in [0.717, 1.165) is 54.3 Å². The minimum absolute atomic E-state index is 0.0506. The number of halogens is 3. The van der Waals surface area contributed by atoms with Gasteiger partial charge in [-0.15, -0.1) is 16.9 Å². The summed E-state index contributed by atoms with van der Waals surface area (Å²) in [6, 6.07) is 0.260. The average Bonchev–Trinajstić information content (AvgIpc) is 3.40. The average molecular weight is 573 g/mol. The van der Waals surface area contributed by atoms with Crippen molar-refractivity contribution in [3.63, 3.8) is 0 Å². The summed E-state index contributed by atoms with van der Waals surface area (Å²) in [5.41, 5.74) is -2.59. The Morgan fingerprint density at radius 3 is 2.36 bits per heavy atom. The fourth-order valence-corrected chi connectivity index (χ4v) is 6.93. The minimum Gasteiger partial charge on any atom is -0.394 e. The third kappa shape index (κ3) is 5.42. The molecule has 0 bridgehead atoms. The quantitative estimate of drug-likeness (QED) is 0.362. The number of thioether (sulfide) groups is 1. The largest absolute Gasteiger partial charge is 0.394 e. The van der Waals surface area contributed by atoms with E-state index >= 15 is 0 Å². The normalized spacial score (nSPS) is 29.6. The number of amides is 1. The molecule has 1 aromatic carbocycles. The van der Waals surface area contributed by atoms with Crippen LogP contribution < -0.4 is 0 Å². The topological polar surface area (TPSA) is 141 Å². The molecule has 6 atom stereocenters. The highest BCUT2D eigenvalue weighted by Crippen LogP contribution is 2.46. The zero-order valence-corrected chi connectivity index (χ0v) is 21.8. The number of aliphatic hydroxyl groups excluding tert-OH is 3. The predicted molar refractivity (Wildman–Crippen MR) is 133 cm³/mol. The van der Waals surface area contributed by atoms with Gasteiger partial charge in [-0.3, -0.25) is 4.79 Å². The second-order valence-corrected chi connectivity index (χ2v) is 11.6. The van der Waals surface area contributed by atoms with Gasteiger partial charge in [0.15, 0.2) is 17.5 Å². The van der Waals surface area contributed by atoms with Crippen LogP contribution in [0.2, 0.25) is 0 Å². The summed E-state index contributed by atoms with van der Waals surface area (Å²) in [5, 5.41) is 50.2. The van der Waals surface area contributed by atoms with Crippen LogP contribution >= 0.6 is 11.8 Å². The molecule has 3 fully saturated rings. The standard InChI is InChI=1S/C25H31F3N4O6S/c26-14-9-13(10-15(27)18(14)28)16-11-32(30-29-16)19-20(34)17(12-33)38-24(21(19)35)39-22(25(37)5-4-6-25)23(36)31-7-2-1-3-8-31/h9-11,17,19-22,24,33-35,37H,1-8,12H2/t17-,19+,20+,21-,22-,24+/m1/s1. The maximum Gasteiger partial charge on any atom is 0.238 e. The van der Waals surface area contributed by atoms with E-state index in [1.807, 2.05) is 0 Å². The first-order valence-electron chi connectivity index (χ1n) is 13.0. The second kappa shape index (κ2) is 11.3. The second-order valence-electron chi connectivity index (χ2n) is 10.4. The summed E-state index contributed by atoms with van der Waals surface area (Å²) >= 11 is 0.949. The van der Waals surface area contributed by atoms with Crippen molar-refractivity contribution >= 4 is 17.7 Å². The fraction of sp³-hybridized carbons (Fsp3) is 0.640. The van der Waals surface area contributed by atoms with E-state index in [2.05, 4.69) is 10.3 Å². The first kappa shape index (κ1) is 28.3. The van der Waals surface area contributed by atoms with Crippen LogP contribution in [-0.2, 0) is 9.53 Å². The first-order chi connectivity index (χ1) is 18.6. The molecule has 1 saturated carbocycles. The van der Waals surface area contributed by atoms with Crippen LogP contribution in [0.5, 0.6) is 0 Å². The van der Waals surface area contributed by atoms with Gasteiger partial charge in [-0.2, -0.15) is 0 Å². The molecule has 14 heteroatoms. The number of carbonyl (C=O) groups is 1. The molecule has 39 heavy (non-hydrogen) atoms. The minimum atomic E-state index is -1.63. The lowest BCUT2D eigenvalue weighted by Gasteiger charge is -2.47. The summed E-state index contributed by atoms with van der Waals surface area (Å²) in [6.07, 6.45) is 1.42. The number of nitrogens with zero attached hydrogens (tertiary/aromatic N) is 4. The lowest BCUT2D eigenvalue weighted by atomic mass is 9.77. The summed E-state index contributed by atoms with van der Waals surface area (Å²) < 4.78 is 47.8. The summed E-state index contributed by atoms with van der Waals surface area (Å²) in [4.78, 5) is 15.2. The van der Waals surface area contributed by atoms with E-state index < -0.39 is 64.7 Å². The molecular weight excluding hydrogens is 541 g/mol. The number of carbonyl (C=O) groups excluding carboxylic acids is 1. The maximum absolute atomic E-state index is 13.8. The lowest BCUT2D eigenvalue weighted by molar-refractivity contribution is -0.179. The molecule has 2 saturated heterocycles. The van der Waals surface area contributed by atoms with Crippen molar-refractivity contribution in [2.24, 2.45) is 0 Å². The van der Waals surface area contributed by atoms with Crippen LogP contribution in [-0.4, -0.2) is 101 Å². The highest BCUT2D eigenvalue weighted by Gasteiger charge is 2.53. The van der Waals surface area contributed by atoms with Crippen molar-refractivity contribution in [1.29, 1.82) is 0 Å². The molecule has 0 spiro atoms. The van der Waals surface area contributed by atoms with Gasteiger partial charge < -0.3 is 30.1 Å². The molecule has 3 heterocycles. The highest BCUT2D eigenvalue weighted by atomic mass is 32.2. The SMILES string of the molecule is O=C([C@@H](S[C@@H]1O[C@H](CO)[C@H](O)[C@H](n2cc(-c3cc(F)c(F)c(F)c3)nn2)[C@H]1O)C1(O)CCC1)N1CCCCC1. The van der Waals surface area contributed by atoms with E-state index in [9.17, 15) is 38.4 Å². The van der Waals surface area contributed by atoms with Gasteiger partial charge in [0.25, 0.3) is 0 Å². The Morgan fingerprint density at radius 2 is 1.77 bits per heavy atom. The Labute approximate surface area is 226 Å². The summed E-state index contributed by atoms with van der Waals surface area (Å²) in [5.74, 6) is -4.71. The number of aromatic nitrogens is 3. The predicted octanol–water partition coefficient (Wildman–Crippen LogP) is 1.37. The Balaban J connectivity index is 1.41. The number of benzene rings is 1. The van der Waals surface area contributed by atoms with Gasteiger partial charge >= 0.3 is 0 Å². The molecule has 0 unspecified atom stereocenters. The van der Waals surface area contributed by atoms with Gasteiger partial charge in [0.1, 0.15) is 40.7 Å². The first-order valence-corrected chi connectivity index (χ1v) is 13.9. The number of piperidine rings is 1. The van der Waals surface area contributed by atoms with Gasteiger partial charge in [0, 0.05) is 18.7 Å². The Morgan fingerprint density at radius 1 is 1.10 bits per heavy atom. The molecule has 10 nitrogen and oxygen atoms in total. The number of aliphatic hydroxyl groups is 4. The van der Waals surface area contributed by atoms with Crippen molar-refractivity contribution in [3.8, 4) is 11.3 Å². The molecule has 1 aliphatic carbocycles. The number of hydrogen-bond acceptors (Lipinski definition) is 9. The van der Waals surface area contributed by atoms with Gasteiger partial charge in [-0.05, 0) is 50.7 Å². The third-order valence-corrected chi connectivity index (χ3v) is 9.38. The van der Waals surface area contributed by atoms with Crippen molar-refractivity contribution in [2.45, 2.75) is 79.2 Å². The molecule has 2 aliphatic heterocycles. The van der Waals surface area contributed by atoms with Gasteiger partial charge in [0.05, 0.1) is 18.4 Å². The lowest BCUT2D eigenvalue weighted by Crippen LogP contribution is -2.59. The molecule has 1 amide bonds. The smallest absolute Gasteiger partial charge is 0.238 e. The molecular formula is C25H31F3N4O6S.